The highest BCUT2D eigenvalue weighted by molar-refractivity contribution is 8.00. The van der Waals surface area contributed by atoms with Gasteiger partial charge in [-0.2, -0.15) is 11.8 Å². The van der Waals surface area contributed by atoms with E-state index in [1.807, 2.05) is 25.6 Å². The third-order valence-corrected chi connectivity index (χ3v) is 4.54. The van der Waals surface area contributed by atoms with Crippen LogP contribution in [0, 0.1) is 0 Å². The van der Waals surface area contributed by atoms with Gasteiger partial charge >= 0.3 is 6.03 Å². The van der Waals surface area contributed by atoms with E-state index in [1.165, 1.54) is 25.7 Å². The molecule has 0 radical (unpaired) electrons. The number of nitrogens with one attached hydrogen (secondary N) is 2. The normalized spacial score (nSPS) is 31.2. The first-order valence-electron chi connectivity index (χ1n) is 6.50. The molecule has 2 amide bonds. The molecule has 0 aromatic heterocycles. The highest BCUT2D eigenvalue weighted by Crippen LogP contribution is 2.33. The van der Waals surface area contributed by atoms with Gasteiger partial charge in [0.1, 0.15) is 0 Å². The van der Waals surface area contributed by atoms with Crippen LogP contribution in [-0.2, 0) is 0 Å². The van der Waals surface area contributed by atoms with Gasteiger partial charge in [-0.1, -0.05) is 40.0 Å². The van der Waals surface area contributed by atoms with Crippen molar-refractivity contribution in [2.75, 3.05) is 5.75 Å². The van der Waals surface area contributed by atoms with Crippen molar-refractivity contribution in [2.45, 2.75) is 63.8 Å². The SMILES string of the molecule is CC.CCCCCC1SCC2NC(=O)NC21. The van der Waals surface area contributed by atoms with Crippen LogP contribution in [0.5, 0.6) is 0 Å². The third kappa shape index (κ3) is 3.30. The number of hydrogen-bond donors (Lipinski definition) is 2. The number of carbonyl (C=O) groups is 1. The zero-order chi connectivity index (χ0) is 12.0. The van der Waals surface area contributed by atoms with Gasteiger partial charge < -0.3 is 10.6 Å². The number of unbranched alkanes of at least 4 members (excludes halogenated alkanes) is 2. The minimum absolute atomic E-state index is 0.0285. The van der Waals surface area contributed by atoms with Gasteiger partial charge in [-0.05, 0) is 6.42 Å². The van der Waals surface area contributed by atoms with Crippen LogP contribution < -0.4 is 10.6 Å². The predicted molar refractivity (Wildman–Crippen MR) is 71.0 cm³/mol. The summed E-state index contributed by atoms with van der Waals surface area (Å²) in [7, 11) is 0. The molecule has 2 rings (SSSR count). The first-order valence-corrected chi connectivity index (χ1v) is 7.54. The fourth-order valence-corrected chi connectivity index (χ4v) is 3.78. The van der Waals surface area contributed by atoms with Crippen molar-refractivity contribution in [1.29, 1.82) is 0 Å². The van der Waals surface area contributed by atoms with Gasteiger partial charge in [0.25, 0.3) is 0 Å². The maximum absolute atomic E-state index is 11.1. The molecular weight excluding hydrogens is 220 g/mol. The molecule has 2 aliphatic rings. The van der Waals surface area contributed by atoms with Crippen molar-refractivity contribution in [3.63, 3.8) is 0 Å². The predicted octanol–water partition coefficient (Wildman–Crippen LogP) is 2.76. The lowest BCUT2D eigenvalue weighted by Crippen LogP contribution is -2.36. The van der Waals surface area contributed by atoms with Gasteiger partial charge in [0, 0.05) is 11.0 Å². The number of fused-ring (bicyclic) bond motifs is 1. The van der Waals surface area contributed by atoms with Crippen LogP contribution in [0.3, 0.4) is 0 Å². The summed E-state index contributed by atoms with van der Waals surface area (Å²) >= 11 is 2.01. The average molecular weight is 244 g/mol. The fourth-order valence-electron chi connectivity index (χ4n) is 2.24. The molecule has 3 nitrogen and oxygen atoms in total. The minimum atomic E-state index is 0.0285. The van der Waals surface area contributed by atoms with Gasteiger partial charge in [0.2, 0.25) is 0 Å². The molecule has 0 aliphatic carbocycles. The second-order valence-corrected chi connectivity index (χ2v) is 5.39. The first kappa shape index (κ1) is 13.7. The summed E-state index contributed by atoms with van der Waals surface area (Å²) in [5.74, 6) is 1.08. The quantitative estimate of drug-likeness (QED) is 0.590. The largest absolute Gasteiger partial charge is 0.332 e. The lowest BCUT2D eigenvalue weighted by Gasteiger charge is -2.16. The van der Waals surface area contributed by atoms with Gasteiger partial charge in [0.05, 0.1) is 12.1 Å². The summed E-state index contributed by atoms with van der Waals surface area (Å²) in [5, 5.41) is 6.63. The number of thioether (sulfide) groups is 1. The van der Waals surface area contributed by atoms with Crippen LogP contribution in [0.2, 0.25) is 0 Å². The number of carbonyl (C=O) groups excluding carboxylic acids is 1. The Kier molecular flexibility index (Phi) is 6.03. The Morgan fingerprint density at radius 3 is 2.75 bits per heavy atom. The number of rotatable bonds is 4. The van der Waals surface area contributed by atoms with E-state index in [1.54, 1.807) is 0 Å². The van der Waals surface area contributed by atoms with Crippen LogP contribution in [0.25, 0.3) is 0 Å². The van der Waals surface area contributed by atoms with E-state index >= 15 is 0 Å². The number of amides is 2. The molecule has 4 heteroatoms. The maximum atomic E-state index is 11.1. The highest BCUT2D eigenvalue weighted by Gasteiger charge is 2.42. The molecule has 2 aliphatic heterocycles. The second-order valence-electron chi connectivity index (χ2n) is 4.12. The van der Waals surface area contributed by atoms with E-state index in [2.05, 4.69) is 17.6 Å². The first-order chi connectivity index (χ1) is 7.81. The molecule has 2 fully saturated rings. The maximum Gasteiger partial charge on any atom is 0.315 e. The molecule has 0 aromatic rings. The van der Waals surface area contributed by atoms with Crippen LogP contribution in [-0.4, -0.2) is 29.1 Å². The van der Waals surface area contributed by atoms with Crippen molar-refractivity contribution < 1.29 is 4.79 Å². The van der Waals surface area contributed by atoms with Gasteiger partial charge in [-0.3, -0.25) is 0 Å². The summed E-state index contributed by atoms with van der Waals surface area (Å²) in [4.78, 5) is 11.1. The Morgan fingerprint density at radius 2 is 2.06 bits per heavy atom. The molecule has 3 atom stereocenters. The fraction of sp³-hybridized carbons (Fsp3) is 0.917. The van der Waals surface area contributed by atoms with E-state index in [4.69, 9.17) is 0 Å². The van der Waals surface area contributed by atoms with E-state index < -0.39 is 0 Å². The van der Waals surface area contributed by atoms with E-state index in [-0.39, 0.29) is 6.03 Å². The Bertz CT molecular complexity index is 223. The zero-order valence-corrected chi connectivity index (χ0v) is 11.4. The zero-order valence-electron chi connectivity index (χ0n) is 10.6. The van der Waals surface area contributed by atoms with Crippen molar-refractivity contribution in [2.24, 2.45) is 0 Å². The van der Waals surface area contributed by atoms with E-state index in [9.17, 15) is 4.79 Å². The van der Waals surface area contributed by atoms with Crippen LogP contribution in [0.4, 0.5) is 4.79 Å². The molecule has 0 aromatic carbocycles. The average Bonchev–Trinajstić information content (AvgIpc) is 2.82. The van der Waals surface area contributed by atoms with Crippen molar-refractivity contribution >= 4 is 17.8 Å². The van der Waals surface area contributed by atoms with Crippen molar-refractivity contribution in [1.82, 2.24) is 10.6 Å². The Balaban J connectivity index is 0.000000606. The van der Waals surface area contributed by atoms with Crippen molar-refractivity contribution in [3.8, 4) is 0 Å². The molecule has 94 valence electrons. The standard InChI is InChI=1S/C10H18N2OS.C2H6/c1-2-3-4-5-8-9-7(6-14-8)11-10(13)12-9;1-2/h7-9H,2-6H2,1H3,(H2,11,12,13);1-2H3. The smallest absolute Gasteiger partial charge is 0.315 e. The molecule has 16 heavy (non-hydrogen) atoms. The van der Waals surface area contributed by atoms with E-state index in [0.29, 0.717) is 17.3 Å². The highest BCUT2D eigenvalue weighted by atomic mass is 32.2. The molecule has 2 saturated heterocycles. The van der Waals surface area contributed by atoms with Crippen molar-refractivity contribution in [3.05, 3.63) is 0 Å². The molecule has 0 saturated carbocycles. The Labute approximate surface area is 103 Å². The Hall–Kier alpha value is -0.380. The topological polar surface area (TPSA) is 41.1 Å². The van der Waals surface area contributed by atoms with Gasteiger partial charge in [0.15, 0.2) is 0 Å². The molecule has 0 spiro atoms. The third-order valence-electron chi connectivity index (χ3n) is 3.03. The molecule has 2 heterocycles. The van der Waals surface area contributed by atoms with Gasteiger partial charge in [-0.25, -0.2) is 4.79 Å². The van der Waals surface area contributed by atoms with Crippen LogP contribution >= 0.6 is 11.8 Å². The molecule has 0 bridgehead atoms. The molecular formula is C12H24N2OS. The monoisotopic (exact) mass is 244 g/mol. The summed E-state index contributed by atoms with van der Waals surface area (Å²) in [6, 6.07) is 0.810. The Morgan fingerprint density at radius 1 is 1.31 bits per heavy atom. The lowest BCUT2D eigenvalue weighted by molar-refractivity contribution is 0.247. The minimum Gasteiger partial charge on any atom is -0.332 e. The van der Waals surface area contributed by atoms with Crippen LogP contribution in [0.15, 0.2) is 0 Å². The number of urea groups is 1. The summed E-state index contributed by atoms with van der Waals surface area (Å²) in [6.45, 7) is 6.23. The molecule has 2 N–H and O–H groups in total. The van der Waals surface area contributed by atoms with E-state index in [0.717, 1.165) is 5.75 Å². The second kappa shape index (κ2) is 7.05. The lowest BCUT2D eigenvalue weighted by atomic mass is 10.0. The van der Waals surface area contributed by atoms with Crippen LogP contribution in [0.1, 0.15) is 46.5 Å². The molecule has 3 unspecified atom stereocenters. The summed E-state index contributed by atoms with van der Waals surface area (Å²) in [6.07, 6.45) is 5.14. The summed E-state index contributed by atoms with van der Waals surface area (Å²) < 4.78 is 0. The van der Waals surface area contributed by atoms with Gasteiger partial charge in [-0.15, -0.1) is 0 Å². The number of hydrogen-bond acceptors (Lipinski definition) is 2. The summed E-state index contributed by atoms with van der Waals surface area (Å²) in [5.41, 5.74) is 0.